The molecule has 0 aliphatic heterocycles. The Morgan fingerprint density at radius 3 is 2.61 bits per heavy atom. The standard InChI is InChI=1S/C27H46O/c1-19(2)8-7-9-20(3)23-13-14-24-22-12-11-21-10-5-6-16-27(21,18-28)25(22)15-17-26(23,24)4/h11,19-20,22-25,28H,5-10,12-18H2,1-4H3/t20-,22+,23-,24+,25+,26-,27-/m1/s1. The third kappa shape index (κ3) is 3.32. The Bertz CT molecular complexity index is 577. The molecular formula is C27H46O. The van der Waals surface area contributed by atoms with E-state index in [4.69, 9.17) is 0 Å². The van der Waals surface area contributed by atoms with Crippen molar-refractivity contribution in [2.75, 3.05) is 6.61 Å². The third-order valence-corrected chi connectivity index (χ3v) is 10.2. The van der Waals surface area contributed by atoms with Crippen molar-refractivity contribution in [2.45, 2.75) is 105 Å². The lowest BCUT2D eigenvalue weighted by atomic mass is 9.46. The molecule has 4 aliphatic rings. The summed E-state index contributed by atoms with van der Waals surface area (Å²) >= 11 is 0. The van der Waals surface area contributed by atoms with Gasteiger partial charge in [-0.1, -0.05) is 65.0 Å². The molecule has 0 aromatic rings. The molecule has 0 aromatic carbocycles. The molecule has 0 saturated heterocycles. The van der Waals surface area contributed by atoms with E-state index in [0.29, 0.717) is 12.0 Å². The summed E-state index contributed by atoms with van der Waals surface area (Å²) in [6.45, 7) is 10.4. The second-order valence-electron chi connectivity index (χ2n) is 11.9. The zero-order valence-electron chi connectivity index (χ0n) is 19.2. The van der Waals surface area contributed by atoms with Gasteiger partial charge in [-0.2, -0.15) is 0 Å². The van der Waals surface area contributed by atoms with E-state index in [1.807, 2.05) is 0 Å². The van der Waals surface area contributed by atoms with Gasteiger partial charge in [0.25, 0.3) is 0 Å². The van der Waals surface area contributed by atoms with Crippen LogP contribution in [0.5, 0.6) is 0 Å². The van der Waals surface area contributed by atoms with Crippen LogP contribution < -0.4 is 0 Å². The second-order valence-corrected chi connectivity index (χ2v) is 11.9. The van der Waals surface area contributed by atoms with E-state index in [2.05, 4.69) is 33.8 Å². The van der Waals surface area contributed by atoms with Crippen molar-refractivity contribution >= 4 is 0 Å². The van der Waals surface area contributed by atoms with E-state index in [1.54, 1.807) is 5.57 Å². The molecule has 160 valence electrons. The first kappa shape index (κ1) is 21.0. The van der Waals surface area contributed by atoms with Crippen LogP contribution in [0, 0.1) is 46.3 Å². The second kappa shape index (κ2) is 8.09. The van der Waals surface area contributed by atoms with E-state index in [0.717, 1.165) is 35.5 Å². The van der Waals surface area contributed by atoms with Gasteiger partial charge in [-0.15, -0.1) is 0 Å². The number of rotatable bonds is 6. The summed E-state index contributed by atoms with van der Waals surface area (Å²) in [5, 5.41) is 10.6. The molecule has 0 heterocycles. The summed E-state index contributed by atoms with van der Waals surface area (Å²) in [6.07, 6.45) is 19.1. The fourth-order valence-electron chi connectivity index (χ4n) is 8.80. The van der Waals surface area contributed by atoms with Gasteiger partial charge in [0.1, 0.15) is 0 Å². The summed E-state index contributed by atoms with van der Waals surface area (Å²) in [6, 6.07) is 0. The molecule has 0 spiro atoms. The van der Waals surface area contributed by atoms with Gasteiger partial charge in [0, 0.05) is 5.41 Å². The average molecular weight is 387 g/mol. The van der Waals surface area contributed by atoms with E-state index < -0.39 is 0 Å². The smallest absolute Gasteiger partial charge is 0.0527 e. The van der Waals surface area contributed by atoms with E-state index in [9.17, 15) is 5.11 Å². The summed E-state index contributed by atoms with van der Waals surface area (Å²) < 4.78 is 0. The maximum Gasteiger partial charge on any atom is 0.0527 e. The Labute approximate surface area is 174 Å². The number of fused-ring (bicyclic) bond motifs is 5. The highest BCUT2D eigenvalue weighted by Gasteiger charge is 2.59. The van der Waals surface area contributed by atoms with Crippen molar-refractivity contribution in [2.24, 2.45) is 46.3 Å². The van der Waals surface area contributed by atoms with Crippen LogP contribution in [-0.2, 0) is 0 Å². The Morgan fingerprint density at radius 2 is 1.86 bits per heavy atom. The Hall–Kier alpha value is -0.300. The average Bonchev–Trinajstić information content (AvgIpc) is 3.04. The van der Waals surface area contributed by atoms with E-state index >= 15 is 0 Å². The normalized spacial score (nSPS) is 43.9. The topological polar surface area (TPSA) is 20.2 Å². The van der Waals surface area contributed by atoms with E-state index in [-0.39, 0.29) is 5.41 Å². The molecule has 0 bridgehead atoms. The summed E-state index contributed by atoms with van der Waals surface area (Å²) in [7, 11) is 0. The van der Waals surface area contributed by atoms with Gasteiger partial charge in [0.15, 0.2) is 0 Å². The van der Waals surface area contributed by atoms with Crippen LogP contribution in [0.2, 0.25) is 0 Å². The lowest BCUT2D eigenvalue weighted by Crippen LogP contribution is -2.52. The highest BCUT2D eigenvalue weighted by atomic mass is 16.3. The van der Waals surface area contributed by atoms with Crippen molar-refractivity contribution in [3.8, 4) is 0 Å². The van der Waals surface area contributed by atoms with Crippen LogP contribution in [0.4, 0.5) is 0 Å². The van der Waals surface area contributed by atoms with Crippen molar-refractivity contribution < 1.29 is 5.11 Å². The van der Waals surface area contributed by atoms with Crippen LogP contribution in [0.3, 0.4) is 0 Å². The number of aliphatic hydroxyl groups is 1. The first-order chi connectivity index (χ1) is 13.4. The summed E-state index contributed by atoms with van der Waals surface area (Å²) in [5.41, 5.74) is 2.39. The molecule has 7 atom stereocenters. The van der Waals surface area contributed by atoms with Crippen LogP contribution in [0.25, 0.3) is 0 Å². The molecule has 1 N–H and O–H groups in total. The molecule has 0 amide bonds. The lowest BCUT2D eigenvalue weighted by Gasteiger charge is -2.58. The number of hydrogen-bond acceptors (Lipinski definition) is 1. The largest absolute Gasteiger partial charge is 0.395 e. The number of allylic oxidation sites excluding steroid dienone is 1. The monoisotopic (exact) mass is 386 g/mol. The Morgan fingerprint density at radius 1 is 1.04 bits per heavy atom. The fourth-order valence-corrected chi connectivity index (χ4v) is 8.80. The molecule has 0 unspecified atom stereocenters. The zero-order chi connectivity index (χ0) is 19.9. The van der Waals surface area contributed by atoms with Gasteiger partial charge >= 0.3 is 0 Å². The molecule has 1 heteroatoms. The minimum absolute atomic E-state index is 0.170. The van der Waals surface area contributed by atoms with Crippen molar-refractivity contribution in [1.29, 1.82) is 0 Å². The molecule has 4 aliphatic carbocycles. The zero-order valence-corrected chi connectivity index (χ0v) is 19.2. The molecule has 4 rings (SSSR count). The van der Waals surface area contributed by atoms with Gasteiger partial charge in [0.2, 0.25) is 0 Å². The third-order valence-electron chi connectivity index (χ3n) is 10.2. The molecule has 1 nitrogen and oxygen atoms in total. The lowest BCUT2D eigenvalue weighted by molar-refractivity contribution is -0.0715. The maximum absolute atomic E-state index is 10.6. The summed E-state index contributed by atoms with van der Waals surface area (Å²) in [4.78, 5) is 0. The Kier molecular flexibility index (Phi) is 6.05. The molecular weight excluding hydrogens is 340 g/mol. The first-order valence-electron chi connectivity index (χ1n) is 12.7. The Balaban J connectivity index is 1.51. The predicted octanol–water partition coefficient (Wildman–Crippen LogP) is 7.39. The SMILES string of the molecule is CC(C)CCC[C@@H](C)[C@H]1CC[C@H]2[C@@H]3CC=C4CCCC[C@]4(CO)[C@H]3CC[C@]12C. The molecule has 28 heavy (non-hydrogen) atoms. The van der Waals surface area contributed by atoms with Gasteiger partial charge < -0.3 is 5.11 Å². The van der Waals surface area contributed by atoms with Crippen molar-refractivity contribution in [3.63, 3.8) is 0 Å². The molecule has 3 saturated carbocycles. The minimum atomic E-state index is 0.170. The summed E-state index contributed by atoms with van der Waals surface area (Å²) in [5.74, 6) is 5.20. The number of hydrogen-bond donors (Lipinski definition) is 1. The van der Waals surface area contributed by atoms with Crippen LogP contribution >= 0.6 is 0 Å². The van der Waals surface area contributed by atoms with Crippen molar-refractivity contribution in [3.05, 3.63) is 11.6 Å². The van der Waals surface area contributed by atoms with Crippen LogP contribution in [0.1, 0.15) is 105 Å². The first-order valence-corrected chi connectivity index (χ1v) is 12.7. The highest BCUT2D eigenvalue weighted by Crippen LogP contribution is 2.67. The van der Waals surface area contributed by atoms with Gasteiger partial charge in [-0.25, -0.2) is 0 Å². The predicted molar refractivity (Wildman–Crippen MR) is 119 cm³/mol. The fraction of sp³-hybridized carbons (Fsp3) is 0.926. The molecule has 0 aromatic heterocycles. The van der Waals surface area contributed by atoms with Gasteiger partial charge in [-0.3, -0.25) is 0 Å². The van der Waals surface area contributed by atoms with Gasteiger partial charge in [0.05, 0.1) is 6.61 Å². The molecule has 0 radical (unpaired) electrons. The van der Waals surface area contributed by atoms with Crippen LogP contribution in [0.15, 0.2) is 11.6 Å². The van der Waals surface area contributed by atoms with Crippen LogP contribution in [-0.4, -0.2) is 11.7 Å². The minimum Gasteiger partial charge on any atom is -0.395 e. The quantitative estimate of drug-likeness (QED) is 0.472. The highest BCUT2D eigenvalue weighted by molar-refractivity contribution is 5.25. The van der Waals surface area contributed by atoms with Crippen molar-refractivity contribution in [1.82, 2.24) is 0 Å². The maximum atomic E-state index is 10.6. The van der Waals surface area contributed by atoms with E-state index in [1.165, 1.54) is 77.0 Å². The van der Waals surface area contributed by atoms with Gasteiger partial charge in [-0.05, 0) is 92.3 Å². The molecule has 3 fully saturated rings. The number of aliphatic hydroxyl groups excluding tert-OH is 1.